The molecule has 0 saturated heterocycles. The minimum atomic E-state index is 0.222. The first kappa shape index (κ1) is 13.9. The summed E-state index contributed by atoms with van der Waals surface area (Å²) < 4.78 is 2.22. The Balaban J connectivity index is 2.90. The Kier molecular flexibility index (Phi) is 5.33. The van der Waals surface area contributed by atoms with Crippen molar-refractivity contribution >= 4 is 11.9 Å². The van der Waals surface area contributed by atoms with Crippen LogP contribution in [-0.4, -0.2) is 27.5 Å². The van der Waals surface area contributed by atoms with Crippen molar-refractivity contribution in [2.45, 2.75) is 26.5 Å². The first-order valence-corrected chi connectivity index (χ1v) is 6.60. The second-order valence-electron chi connectivity index (χ2n) is 3.62. The average molecular weight is 250 g/mol. The molecule has 17 heavy (non-hydrogen) atoms. The van der Waals surface area contributed by atoms with Crippen LogP contribution < -0.4 is 0 Å². The number of hydrogen-bond donors (Lipinski definition) is 1. The van der Waals surface area contributed by atoms with Gasteiger partial charge in [-0.15, -0.1) is 6.42 Å². The number of rotatable bonds is 5. The molecule has 1 aromatic heterocycles. The Morgan fingerprint density at radius 3 is 2.65 bits per heavy atom. The van der Waals surface area contributed by atoms with Crippen molar-refractivity contribution in [3.63, 3.8) is 0 Å². The van der Waals surface area contributed by atoms with E-state index in [9.17, 15) is 5.11 Å². The molecule has 1 heterocycles. The molecule has 0 aliphatic heterocycles. The van der Waals surface area contributed by atoms with Crippen LogP contribution in [0.25, 0.3) is 0 Å². The summed E-state index contributed by atoms with van der Waals surface area (Å²) in [6, 6.07) is 0. The monoisotopic (exact) mass is 250 g/mol. The van der Waals surface area contributed by atoms with Crippen molar-refractivity contribution in [1.29, 1.82) is 0 Å². The summed E-state index contributed by atoms with van der Waals surface area (Å²) in [5.41, 5.74) is 2.10. The van der Waals surface area contributed by atoms with Gasteiger partial charge in [-0.3, -0.25) is 9.29 Å². The van der Waals surface area contributed by atoms with E-state index in [1.165, 1.54) is 0 Å². The van der Waals surface area contributed by atoms with Crippen molar-refractivity contribution < 1.29 is 5.11 Å². The van der Waals surface area contributed by atoms with Gasteiger partial charge < -0.3 is 5.11 Å². The van der Waals surface area contributed by atoms with E-state index < -0.39 is 0 Å². The zero-order valence-electron chi connectivity index (χ0n) is 10.5. The van der Waals surface area contributed by atoms with Crippen molar-refractivity contribution in [3.8, 4) is 18.1 Å². The van der Waals surface area contributed by atoms with Gasteiger partial charge in [0.1, 0.15) is 5.75 Å². The molecule has 0 fully saturated rings. The predicted octanol–water partition coefficient (Wildman–Crippen LogP) is 2.57. The highest BCUT2D eigenvalue weighted by Crippen LogP contribution is 2.28. The maximum atomic E-state index is 9.98. The summed E-state index contributed by atoms with van der Waals surface area (Å²) in [5, 5.41) is 9.98. The topological polar surface area (TPSA) is 36.4 Å². The Labute approximate surface area is 107 Å². The average Bonchev–Trinajstić information content (AvgIpc) is 2.35. The number of hydrogen-bond acceptors (Lipinski definition) is 4. The number of aromatic nitrogens is 1. The van der Waals surface area contributed by atoms with Crippen molar-refractivity contribution in [2.75, 3.05) is 13.1 Å². The van der Waals surface area contributed by atoms with Gasteiger partial charge in [-0.05, 0) is 6.92 Å². The van der Waals surface area contributed by atoms with E-state index >= 15 is 0 Å². The van der Waals surface area contributed by atoms with Gasteiger partial charge in [0.2, 0.25) is 0 Å². The maximum absolute atomic E-state index is 9.98. The molecule has 1 aromatic rings. The van der Waals surface area contributed by atoms with Crippen LogP contribution >= 0.6 is 11.9 Å². The highest BCUT2D eigenvalue weighted by Gasteiger charge is 2.12. The van der Waals surface area contributed by atoms with E-state index in [1.54, 1.807) is 25.1 Å². The molecular weight excluding hydrogens is 232 g/mol. The molecular formula is C13H18N2OS. The van der Waals surface area contributed by atoms with Crippen LogP contribution in [0.5, 0.6) is 5.75 Å². The van der Waals surface area contributed by atoms with Crippen LogP contribution in [0.2, 0.25) is 0 Å². The summed E-state index contributed by atoms with van der Waals surface area (Å²) in [7, 11) is 0. The first-order valence-electron chi connectivity index (χ1n) is 5.65. The highest BCUT2D eigenvalue weighted by molar-refractivity contribution is 7.96. The zero-order valence-corrected chi connectivity index (χ0v) is 11.3. The number of pyridine rings is 1. The fourth-order valence-electron chi connectivity index (χ4n) is 1.48. The van der Waals surface area contributed by atoms with Crippen molar-refractivity contribution in [1.82, 2.24) is 9.29 Å². The lowest BCUT2D eigenvalue weighted by atomic mass is 10.1. The fourth-order valence-corrected chi connectivity index (χ4v) is 2.45. The highest BCUT2D eigenvalue weighted by atomic mass is 32.2. The van der Waals surface area contributed by atoms with Crippen LogP contribution in [0.4, 0.5) is 0 Å². The molecule has 4 heteroatoms. The van der Waals surface area contributed by atoms with Gasteiger partial charge in [0.15, 0.2) is 0 Å². The van der Waals surface area contributed by atoms with E-state index in [0.717, 1.165) is 18.7 Å². The third-order valence-electron chi connectivity index (χ3n) is 2.59. The van der Waals surface area contributed by atoms with Gasteiger partial charge in [-0.25, -0.2) is 0 Å². The largest absolute Gasteiger partial charge is 0.506 e. The number of aryl methyl sites for hydroxylation is 1. The molecule has 0 aromatic carbocycles. The van der Waals surface area contributed by atoms with Crippen LogP contribution in [0, 0.1) is 19.3 Å². The molecule has 0 atom stereocenters. The predicted molar refractivity (Wildman–Crippen MR) is 72.8 cm³/mol. The van der Waals surface area contributed by atoms with E-state index in [1.807, 2.05) is 0 Å². The Morgan fingerprint density at radius 1 is 1.47 bits per heavy atom. The molecule has 0 bridgehead atoms. The first-order chi connectivity index (χ1) is 8.13. The van der Waals surface area contributed by atoms with Gasteiger partial charge in [-0.1, -0.05) is 31.7 Å². The quantitative estimate of drug-likeness (QED) is 0.643. The third kappa shape index (κ3) is 3.39. The van der Waals surface area contributed by atoms with E-state index in [2.05, 4.69) is 29.1 Å². The molecule has 0 aliphatic rings. The lowest BCUT2D eigenvalue weighted by molar-refractivity contribution is 0.462. The van der Waals surface area contributed by atoms with Crippen LogP contribution in [-0.2, 0) is 5.75 Å². The number of terminal acetylenes is 1. The van der Waals surface area contributed by atoms with Crippen LogP contribution in [0.1, 0.15) is 30.7 Å². The number of nitrogens with zero attached hydrogens (tertiary/aromatic N) is 2. The second-order valence-corrected chi connectivity index (χ2v) is 4.68. The van der Waals surface area contributed by atoms with E-state index in [-0.39, 0.29) is 5.75 Å². The fraction of sp³-hybridized carbons (Fsp3) is 0.462. The molecule has 0 aliphatic carbocycles. The second kappa shape index (κ2) is 6.53. The SMILES string of the molecule is C#Cc1cnc(C)c(O)c1CSN(CC)CC. The minimum Gasteiger partial charge on any atom is -0.506 e. The summed E-state index contributed by atoms with van der Waals surface area (Å²) in [6.45, 7) is 7.93. The maximum Gasteiger partial charge on any atom is 0.142 e. The molecule has 3 nitrogen and oxygen atoms in total. The Bertz CT molecular complexity index is 422. The third-order valence-corrected chi connectivity index (χ3v) is 3.89. The van der Waals surface area contributed by atoms with Crippen molar-refractivity contribution in [3.05, 3.63) is 23.0 Å². The van der Waals surface area contributed by atoms with Gasteiger partial charge >= 0.3 is 0 Å². The Morgan fingerprint density at radius 2 is 2.12 bits per heavy atom. The van der Waals surface area contributed by atoms with Crippen LogP contribution in [0.3, 0.4) is 0 Å². The summed E-state index contributed by atoms with van der Waals surface area (Å²) in [6.07, 6.45) is 7.06. The molecule has 92 valence electrons. The summed E-state index contributed by atoms with van der Waals surface area (Å²) >= 11 is 1.68. The summed E-state index contributed by atoms with van der Waals surface area (Å²) in [5.74, 6) is 3.47. The lowest BCUT2D eigenvalue weighted by Crippen LogP contribution is -2.14. The van der Waals surface area contributed by atoms with Crippen molar-refractivity contribution in [2.24, 2.45) is 0 Å². The molecule has 1 rings (SSSR count). The molecule has 0 saturated carbocycles. The minimum absolute atomic E-state index is 0.222. The molecule has 0 unspecified atom stereocenters. The zero-order chi connectivity index (χ0) is 12.8. The van der Waals surface area contributed by atoms with Gasteiger partial charge in [0.25, 0.3) is 0 Å². The molecule has 1 N–H and O–H groups in total. The van der Waals surface area contributed by atoms with Gasteiger partial charge in [0.05, 0.1) is 11.3 Å². The molecule has 0 spiro atoms. The smallest absolute Gasteiger partial charge is 0.142 e. The molecule has 0 radical (unpaired) electrons. The van der Waals surface area contributed by atoms with E-state index in [4.69, 9.17) is 6.42 Å². The van der Waals surface area contributed by atoms with Gasteiger partial charge in [-0.2, -0.15) is 0 Å². The lowest BCUT2D eigenvalue weighted by Gasteiger charge is -2.17. The number of aromatic hydroxyl groups is 1. The normalized spacial score (nSPS) is 10.5. The van der Waals surface area contributed by atoms with Gasteiger partial charge in [0, 0.05) is 30.6 Å². The Hall–Kier alpha value is -1.18. The van der Waals surface area contributed by atoms with Crippen LogP contribution in [0.15, 0.2) is 6.20 Å². The summed E-state index contributed by atoms with van der Waals surface area (Å²) in [4.78, 5) is 4.06. The van der Waals surface area contributed by atoms with E-state index in [0.29, 0.717) is 17.0 Å². The standard InChI is InChI=1S/C13H18N2OS/c1-5-11-8-14-10(4)13(16)12(11)9-17-15(6-2)7-3/h1,8,16H,6-7,9H2,2-4H3. The molecule has 0 amide bonds.